The molecule has 1 aliphatic carbocycles. The van der Waals surface area contributed by atoms with Gasteiger partial charge in [-0.25, -0.2) is 9.97 Å². The van der Waals surface area contributed by atoms with Gasteiger partial charge < -0.3 is 0 Å². The van der Waals surface area contributed by atoms with E-state index in [-0.39, 0.29) is 0 Å². The molecule has 2 aromatic rings. The van der Waals surface area contributed by atoms with E-state index in [1.165, 1.54) is 17.7 Å². The van der Waals surface area contributed by atoms with Crippen molar-refractivity contribution < 1.29 is 0 Å². The van der Waals surface area contributed by atoms with Gasteiger partial charge >= 0.3 is 0 Å². The van der Waals surface area contributed by atoms with Crippen LogP contribution in [0.4, 0.5) is 0 Å². The maximum atomic E-state index is 4.78. The highest BCUT2D eigenvalue weighted by Gasteiger charge is 2.29. The van der Waals surface area contributed by atoms with Gasteiger partial charge in [0.15, 0.2) is 0 Å². The second-order valence-corrected chi connectivity index (χ2v) is 5.03. The van der Waals surface area contributed by atoms with Crippen molar-refractivity contribution in [1.29, 1.82) is 0 Å². The fourth-order valence-electron chi connectivity index (χ4n) is 2.83. The first-order valence-electron chi connectivity index (χ1n) is 6.01. The zero-order valence-corrected chi connectivity index (χ0v) is 10.1. The Labute approximate surface area is 95.5 Å². The van der Waals surface area contributed by atoms with Crippen LogP contribution in [0.2, 0.25) is 0 Å². The Hall–Kier alpha value is -1.38. The van der Waals surface area contributed by atoms with Gasteiger partial charge in [-0.05, 0) is 25.7 Å². The van der Waals surface area contributed by atoms with Crippen molar-refractivity contribution in [3.8, 4) is 0 Å². The van der Waals surface area contributed by atoms with E-state index < -0.39 is 0 Å². The predicted octanol–water partition coefficient (Wildman–Crippen LogP) is 2.72. The lowest BCUT2D eigenvalue weighted by atomic mass is 9.93. The van der Waals surface area contributed by atoms with Crippen LogP contribution in [0.25, 0.3) is 5.65 Å². The lowest BCUT2D eigenvalue weighted by Gasteiger charge is -2.15. The first kappa shape index (κ1) is 9.82. The molecule has 84 valence electrons. The van der Waals surface area contributed by atoms with Crippen LogP contribution in [0.5, 0.6) is 0 Å². The standard InChI is InChI=1S/C13H17N3/c1-8(2)10-4-5-11-12(10)15-9(3)16-7-6-14-13(11)16/h6-8,10H,4-5H2,1-3H3. The third kappa shape index (κ3) is 1.20. The minimum absolute atomic E-state index is 0.621. The van der Waals surface area contributed by atoms with E-state index >= 15 is 0 Å². The molecule has 2 heterocycles. The van der Waals surface area contributed by atoms with Crippen LogP contribution in [-0.2, 0) is 6.42 Å². The lowest BCUT2D eigenvalue weighted by molar-refractivity contribution is 0.486. The fraction of sp³-hybridized carbons (Fsp3) is 0.538. The molecular weight excluding hydrogens is 198 g/mol. The molecule has 0 saturated heterocycles. The summed E-state index contributed by atoms with van der Waals surface area (Å²) in [6.45, 7) is 6.63. The van der Waals surface area contributed by atoms with Gasteiger partial charge in [0.05, 0.1) is 5.69 Å². The molecule has 1 aliphatic rings. The van der Waals surface area contributed by atoms with Crippen LogP contribution in [-0.4, -0.2) is 14.4 Å². The highest BCUT2D eigenvalue weighted by Crippen LogP contribution is 2.38. The summed E-state index contributed by atoms with van der Waals surface area (Å²) < 4.78 is 2.10. The molecule has 0 aliphatic heterocycles. The van der Waals surface area contributed by atoms with Gasteiger partial charge in [0, 0.05) is 23.9 Å². The summed E-state index contributed by atoms with van der Waals surface area (Å²) in [5.41, 5.74) is 3.78. The van der Waals surface area contributed by atoms with E-state index in [2.05, 4.69) is 30.2 Å². The van der Waals surface area contributed by atoms with Crippen molar-refractivity contribution in [1.82, 2.24) is 14.4 Å². The zero-order valence-electron chi connectivity index (χ0n) is 10.1. The van der Waals surface area contributed by atoms with Crippen LogP contribution in [0, 0.1) is 12.8 Å². The third-order valence-electron chi connectivity index (χ3n) is 3.71. The molecule has 0 bridgehead atoms. The molecule has 3 rings (SSSR count). The summed E-state index contributed by atoms with van der Waals surface area (Å²) in [6, 6.07) is 0. The van der Waals surface area contributed by atoms with Gasteiger partial charge in [-0.1, -0.05) is 13.8 Å². The van der Waals surface area contributed by atoms with Gasteiger partial charge in [0.2, 0.25) is 0 Å². The molecule has 0 saturated carbocycles. The van der Waals surface area contributed by atoms with Gasteiger partial charge in [-0.15, -0.1) is 0 Å². The second kappa shape index (κ2) is 3.30. The number of imidazole rings is 1. The number of nitrogens with zero attached hydrogens (tertiary/aromatic N) is 3. The van der Waals surface area contributed by atoms with E-state index in [1.54, 1.807) is 0 Å². The molecule has 16 heavy (non-hydrogen) atoms. The first-order chi connectivity index (χ1) is 7.68. The SMILES string of the molecule is Cc1nc2c(c3nccn13)CCC2C(C)C. The number of hydrogen-bond donors (Lipinski definition) is 0. The number of hydrogen-bond acceptors (Lipinski definition) is 2. The molecular formula is C13H17N3. The van der Waals surface area contributed by atoms with Gasteiger partial charge in [0.1, 0.15) is 11.5 Å². The summed E-state index contributed by atoms with van der Waals surface area (Å²) in [5, 5.41) is 0. The van der Waals surface area contributed by atoms with Crippen molar-refractivity contribution >= 4 is 5.65 Å². The minimum atomic E-state index is 0.621. The molecule has 2 aromatic heterocycles. The Kier molecular flexibility index (Phi) is 2.03. The molecule has 1 atom stereocenters. The summed E-state index contributed by atoms with van der Waals surface area (Å²) >= 11 is 0. The normalized spacial score (nSPS) is 19.6. The molecule has 0 fully saturated rings. The molecule has 0 radical (unpaired) electrons. The number of aromatic nitrogens is 3. The molecule has 3 nitrogen and oxygen atoms in total. The summed E-state index contributed by atoms with van der Waals surface area (Å²) in [4.78, 5) is 9.25. The number of fused-ring (bicyclic) bond motifs is 3. The monoisotopic (exact) mass is 215 g/mol. The van der Waals surface area contributed by atoms with Gasteiger partial charge in [0.25, 0.3) is 0 Å². The Bertz CT molecular complexity index is 539. The maximum Gasteiger partial charge on any atom is 0.143 e. The number of rotatable bonds is 1. The highest BCUT2D eigenvalue weighted by atomic mass is 15.1. The smallest absolute Gasteiger partial charge is 0.143 e. The topological polar surface area (TPSA) is 30.2 Å². The largest absolute Gasteiger partial charge is 0.288 e. The van der Waals surface area contributed by atoms with E-state index in [9.17, 15) is 0 Å². The van der Waals surface area contributed by atoms with Crippen molar-refractivity contribution in [2.45, 2.75) is 39.5 Å². The van der Waals surface area contributed by atoms with Gasteiger partial charge in [-0.2, -0.15) is 0 Å². The van der Waals surface area contributed by atoms with Crippen LogP contribution in [0.1, 0.15) is 43.3 Å². The van der Waals surface area contributed by atoms with Crippen molar-refractivity contribution in [2.75, 3.05) is 0 Å². The van der Waals surface area contributed by atoms with E-state index in [0.717, 1.165) is 17.9 Å². The van der Waals surface area contributed by atoms with Crippen LogP contribution >= 0.6 is 0 Å². The zero-order chi connectivity index (χ0) is 11.3. The molecule has 0 spiro atoms. The van der Waals surface area contributed by atoms with Crippen molar-refractivity contribution in [3.63, 3.8) is 0 Å². The maximum absolute atomic E-state index is 4.78. The molecule has 1 unspecified atom stereocenters. The third-order valence-corrected chi connectivity index (χ3v) is 3.71. The van der Waals surface area contributed by atoms with E-state index in [1.807, 2.05) is 12.4 Å². The summed E-state index contributed by atoms with van der Waals surface area (Å²) in [5.74, 6) is 2.35. The summed E-state index contributed by atoms with van der Waals surface area (Å²) in [7, 11) is 0. The number of aryl methyl sites for hydroxylation is 2. The Morgan fingerprint density at radius 1 is 1.44 bits per heavy atom. The molecule has 3 heteroatoms. The Morgan fingerprint density at radius 2 is 2.25 bits per heavy atom. The van der Waals surface area contributed by atoms with E-state index in [0.29, 0.717) is 11.8 Å². The quantitative estimate of drug-likeness (QED) is 0.732. The fourth-order valence-corrected chi connectivity index (χ4v) is 2.83. The molecule has 0 amide bonds. The van der Waals surface area contributed by atoms with Crippen LogP contribution in [0.3, 0.4) is 0 Å². The molecule has 0 N–H and O–H groups in total. The lowest BCUT2D eigenvalue weighted by Crippen LogP contribution is -2.07. The highest BCUT2D eigenvalue weighted by molar-refractivity contribution is 5.53. The Balaban J connectivity index is 2.27. The van der Waals surface area contributed by atoms with E-state index in [4.69, 9.17) is 4.98 Å². The second-order valence-electron chi connectivity index (χ2n) is 5.03. The minimum Gasteiger partial charge on any atom is -0.288 e. The molecule has 0 aromatic carbocycles. The Morgan fingerprint density at radius 3 is 3.00 bits per heavy atom. The average Bonchev–Trinajstić information content (AvgIpc) is 2.80. The average molecular weight is 215 g/mol. The first-order valence-corrected chi connectivity index (χ1v) is 6.01. The van der Waals surface area contributed by atoms with Gasteiger partial charge in [-0.3, -0.25) is 4.40 Å². The van der Waals surface area contributed by atoms with Crippen molar-refractivity contribution in [3.05, 3.63) is 29.5 Å². The van der Waals surface area contributed by atoms with Crippen molar-refractivity contribution in [2.24, 2.45) is 5.92 Å². The van der Waals surface area contributed by atoms with Crippen LogP contribution in [0.15, 0.2) is 12.4 Å². The summed E-state index contributed by atoms with van der Waals surface area (Å²) in [6.07, 6.45) is 6.23. The van der Waals surface area contributed by atoms with Crippen LogP contribution < -0.4 is 0 Å². The predicted molar refractivity (Wildman–Crippen MR) is 63.6 cm³/mol.